The minimum Gasteiger partial charge on any atom is -0.344 e. The van der Waals surface area contributed by atoms with Crippen LogP contribution in [0.25, 0.3) is 0 Å². The van der Waals surface area contributed by atoms with Gasteiger partial charge in [0, 0.05) is 52.2 Å². The number of rotatable bonds is 5. The van der Waals surface area contributed by atoms with Gasteiger partial charge in [0.2, 0.25) is 5.91 Å². The molecule has 0 spiro atoms. The summed E-state index contributed by atoms with van der Waals surface area (Å²) in [6.45, 7) is 8.56. The molecule has 1 aliphatic rings. The van der Waals surface area contributed by atoms with Gasteiger partial charge in [0.1, 0.15) is 0 Å². The molecule has 0 atom stereocenters. The van der Waals surface area contributed by atoms with E-state index in [1.807, 2.05) is 37.9 Å². The van der Waals surface area contributed by atoms with Crippen molar-refractivity contribution in [3.63, 3.8) is 0 Å². The van der Waals surface area contributed by atoms with E-state index in [-0.39, 0.29) is 5.91 Å². The molecule has 1 amide bonds. The molecule has 1 aromatic rings. The van der Waals surface area contributed by atoms with Crippen molar-refractivity contribution in [3.8, 4) is 0 Å². The highest BCUT2D eigenvalue weighted by molar-refractivity contribution is 5.85. The van der Waals surface area contributed by atoms with Crippen molar-refractivity contribution in [3.05, 3.63) is 30.1 Å². The first kappa shape index (κ1) is 15.9. The van der Waals surface area contributed by atoms with Crippen molar-refractivity contribution in [2.75, 3.05) is 39.8 Å². The maximum Gasteiger partial charge on any atom is 0.242 e. The highest BCUT2D eigenvalue weighted by Crippen LogP contribution is 2.18. The quantitative estimate of drug-likeness (QED) is 0.870. The molecule has 1 aliphatic heterocycles. The summed E-state index contributed by atoms with van der Waals surface area (Å²) in [5.41, 5.74) is 0.777. The summed E-state index contributed by atoms with van der Waals surface area (Å²) in [5.74, 6) is 0.193. The Labute approximate surface area is 127 Å². The van der Waals surface area contributed by atoms with E-state index in [1.54, 1.807) is 12.4 Å². The summed E-state index contributed by atoms with van der Waals surface area (Å²) < 4.78 is 0. The normalized spacial score (nSPS) is 16.7. The van der Waals surface area contributed by atoms with Gasteiger partial charge in [0.05, 0.1) is 5.54 Å². The van der Waals surface area contributed by atoms with Crippen LogP contribution >= 0.6 is 0 Å². The molecule has 0 saturated carbocycles. The van der Waals surface area contributed by atoms with Gasteiger partial charge in [-0.15, -0.1) is 0 Å². The Kier molecular flexibility index (Phi) is 5.31. The number of hydrogen-bond donors (Lipinski definition) is 1. The lowest BCUT2D eigenvalue weighted by molar-refractivity contribution is -0.141. The second-order valence-corrected chi connectivity index (χ2v) is 6.13. The first-order valence-electron chi connectivity index (χ1n) is 7.62. The fourth-order valence-corrected chi connectivity index (χ4v) is 2.77. The molecule has 116 valence electrons. The second kappa shape index (κ2) is 7.00. The van der Waals surface area contributed by atoms with E-state index in [1.165, 1.54) is 5.56 Å². The summed E-state index contributed by atoms with van der Waals surface area (Å²) >= 11 is 0. The van der Waals surface area contributed by atoms with Crippen molar-refractivity contribution < 1.29 is 4.79 Å². The van der Waals surface area contributed by atoms with Gasteiger partial charge < -0.3 is 10.2 Å². The van der Waals surface area contributed by atoms with Crippen LogP contribution in [0.2, 0.25) is 0 Å². The van der Waals surface area contributed by atoms with Crippen LogP contribution in [0.5, 0.6) is 0 Å². The van der Waals surface area contributed by atoms with E-state index in [9.17, 15) is 4.79 Å². The summed E-state index contributed by atoms with van der Waals surface area (Å²) in [6.07, 6.45) is 4.45. The van der Waals surface area contributed by atoms with Gasteiger partial charge in [-0.3, -0.25) is 14.7 Å². The van der Waals surface area contributed by atoms with E-state index in [2.05, 4.69) is 15.2 Å². The Hall–Kier alpha value is -1.46. The van der Waals surface area contributed by atoms with Gasteiger partial charge in [-0.2, -0.15) is 0 Å². The van der Waals surface area contributed by atoms with Gasteiger partial charge in [-0.25, -0.2) is 0 Å². The number of aromatic nitrogens is 1. The summed E-state index contributed by atoms with van der Waals surface area (Å²) in [5, 5.41) is 3.33. The van der Waals surface area contributed by atoms with Crippen LogP contribution in [0.3, 0.4) is 0 Å². The molecule has 1 fully saturated rings. The Balaban J connectivity index is 1.91. The minimum atomic E-state index is -0.435. The molecule has 1 N–H and O–H groups in total. The zero-order valence-corrected chi connectivity index (χ0v) is 13.3. The van der Waals surface area contributed by atoms with Gasteiger partial charge in [0.25, 0.3) is 0 Å². The average molecular weight is 290 g/mol. The van der Waals surface area contributed by atoms with Gasteiger partial charge in [0.15, 0.2) is 0 Å². The SMILES string of the molecule is CN(CCc1ccncc1)C(=O)C(C)(C)N1CCNCC1. The number of nitrogens with zero attached hydrogens (tertiary/aromatic N) is 3. The molecule has 5 heteroatoms. The molecule has 0 aromatic carbocycles. The largest absolute Gasteiger partial charge is 0.344 e. The molecular weight excluding hydrogens is 264 g/mol. The number of nitrogens with one attached hydrogen (secondary N) is 1. The third-order valence-corrected chi connectivity index (χ3v) is 4.26. The molecule has 0 bridgehead atoms. The van der Waals surface area contributed by atoms with Crippen LogP contribution in [-0.4, -0.2) is 66.0 Å². The monoisotopic (exact) mass is 290 g/mol. The first-order valence-corrected chi connectivity index (χ1v) is 7.62. The summed E-state index contributed by atoms with van der Waals surface area (Å²) in [7, 11) is 1.90. The molecule has 1 saturated heterocycles. The van der Waals surface area contributed by atoms with Crippen LogP contribution in [-0.2, 0) is 11.2 Å². The Morgan fingerprint density at radius 3 is 2.57 bits per heavy atom. The lowest BCUT2D eigenvalue weighted by Crippen LogP contribution is -2.60. The van der Waals surface area contributed by atoms with Crippen molar-refractivity contribution in [1.82, 2.24) is 20.1 Å². The molecule has 1 aromatic heterocycles. The lowest BCUT2D eigenvalue weighted by Gasteiger charge is -2.41. The summed E-state index contributed by atoms with van der Waals surface area (Å²) in [6, 6.07) is 4.00. The number of carbonyl (C=O) groups excluding carboxylic acids is 1. The smallest absolute Gasteiger partial charge is 0.242 e. The van der Waals surface area contributed by atoms with Crippen molar-refractivity contribution in [1.29, 1.82) is 0 Å². The predicted octanol–water partition coefficient (Wildman–Crippen LogP) is 0.766. The topological polar surface area (TPSA) is 48.5 Å². The van der Waals surface area contributed by atoms with Crippen molar-refractivity contribution in [2.24, 2.45) is 0 Å². The maximum atomic E-state index is 12.7. The maximum absolute atomic E-state index is 12.7. The van der Waals surface area contributed by atoms with E-state index in [0.29, 0.717) is 0 Å². The number of hydrogen-bond acceptors (Lipinski definition) is 4. The van der Waals surface area contributed by atoms with Crippen LogP contribution in [0.4, 0.5) is 0 Å². The van der Waals surface area contributed by atoms with Gasteiger partial charge in [-0.1, -0.05) is 0 Å². The van der Waals surface area contributed by atoms with E-state index < -0.39 is 5.54 Å². The number of carbonyl (C=O) groups is 1. The molecule has 2 rings (SSSR count). The van der Waals surface area contributed by atoms with E-state index in [0.717, 1.165) is 39.1 Å². The molecule has 21 heavy (non-hydrogen) atoms. The highest BCUT2D eigenvalue weighted by Gasteiger charge is 2.36. The number of piperazine rings is 1. The number of amides is 1. The van der Waals surface area contributed by atoms with Crippen LogP contribution in [0, 0.1) is 0 Å². The minimum absolute atomic E-state index is 0.193. The van der Waals surface area contributed by atoms with E-state index >= 15 is 0 Å². The Morgan fingerprint density at radius 2 is 1.95 bits per heavy atom. The van der Waals surface area contributed by atoms with Crippen LogP contribution in [0.15, 0.2) is 24.5 Å². The molecule has 0 radical (unpaired) electrons. The summed E-state index contributed by atoms with van der Waals surface area (Å²) in [4.78, 5) is 20.9. The zero-order chi connectivity index (χ0) is 15.3. The van der Waals surface area contributed by atoms with E-state index in [4.69, 9.17) is 0 Å². The van der Waals surface area contributed by atoms with Crippen molar-refractivity contribution >= 4 is 5.91 Å². The van der Waals surface area contributed by atoms with Gasteiger partial charge >= 0.3 is 0 Å². The third kappa shape index (κ3) is 4.02. The molecular formula is C16H26N4O. The van der Waals surface area contributed by atoms with Crippen LogP contribution < -0.4 is 5.32 Å². The Bertz CT molecular complexity index is 455. The van der Waals surface area contributed by atoms with Crippen LogP contribution in [0.1, 0.15) is 19.4 Å². The number of likely N-dealkylation sites (N-methyl/N-ethyl adjacent to an activating group) is 1. The predicted molar refractivity (Wildman–Crippen MR) is 84.1 cm³/mol. The third-order valence-electron chi connectivity index (χ3n) is 4.26. The first-order chi connectivity index (χ1) is 10.0. The standard InChI is InChI=1S/C16H26N4O/c1-16(2,20-12-9-18-10-13-20)15(21)19(3)11-6-14-4-7-17-8-5-14/h4-5,7-8,18H,6,9-13H2,1-3H3. The lowest BCUT2D eigenvalue weighted by atomic mass is 9.99. The molecule has 5 nitrogen and oxygen atoms in total. The number of pyridine rings is 1. The zero-order valence-electron chi connectivity index (χ0n) is 13.3. The second-order valence-electron chi connectivity index (χ2n) is 6.13. The van der Waals surface area contributed by atoms with Crippen molar-refractivity contribution in [2.45, 2.75) is 25.8 Å². The fourth-order valence-electron chi connectivity index (χ4n) is 2.77. The Morgan fingerprint density at radius 1 is 1.33 bits per heavy atom. The highest BCUT2D eigenvalue weighted by atomic mass is 16.2. The van der Waals surface area contributed by atoms with Gasteiger partial charge in [-0.05, 0) is 38.0 Å². The molecule has 0 aliphatic carbocycles. The average Bonchev–Trinajstić information content (AvgIpc) is 2.53. The fraction of sp³-hybridized carbons (Fsp3) is 0.625. The molecule has 2 heterocycles. The molecule has 0 unspecified atom stereocenters.